The van der Waals surface area contributed by atoms with E-state index in [0.29, 0.717) is 24.7 Å². The lowest BCUT2D eigenvalue weighted by Gasteiger charge is -2.28. The fourth-order valence-corrected chi connectivity index (χ4v) is 2.40. The standard InChI is InChI=1S/C12H19N3O3/c1-8-13-11(14-18-8)7-15(2)12(17)9-4-3-5-10(16)6-9/h9-10,16H,3-7H2,1-2H3/t9-,10+/m1/s1. The van der Waals surface area contributed by atoms with Gasteiger partial charge >= 0.3 is 0 Å². The smallest absolute Gasteiger partial charge is 0.225 e. The lowest BCUT2D eigenvalue weighted by molar-refractivity contribution is -0.137. The van der Waals surface area contributed by atoms with Crippen molar-refractivity contribution in [3.05, 3.63) is 11.7 Å². The Labute approximate surface area is 106 Å². The van der Waals surface area contributed by atoms with Gasteiger partial charge in [-0.2, -0.15) is 4.98 Å². The largest absolute Gasteiger partial charge is 0.393 e. The normalized spacial score (nSPS) is 23.9. The second-order valence-electron chi connectivity index (χ2n) is 4.94. The molecule has 0 spiro atoms. The van der Waals surface area contributed by atoms with Crippen LogP contribution in [0, 0.1) is 12.8 Å². The van der Waals surface area contributed by atoms with E-state index in [2.05, 4.69) is 10.1 Å². The van der Waals surface area contributed by atoms with Crippen molar-refractivity contribution in [1.82, 2.24) is 15.0 Å². The Bertz CT molecular complexity index is 418. The molecule has 1 aromatic heterocycles. The van der Waals surface area contributed by atoms with Gasteiger partial charge in [0.25, 0.3) is 0 Å². The Morgan fingerprint density at radius 3 is 2.94 bits per heavy atom. The minimum absolute atomic E-state index is 0.0520. The van der Waals surface area contributed by atoms with Gasteiger partial charge in [-0.15, -0.1) is 0 Å². The molecule has 1 aliphatic rings. The molecule has 100 valence electrons. The number of hydrogen-bond donors (Lipinski definition) is 1. The maximum Gasteiger partial charge on any atom is 0.225 e. The minimum atomic E-state index is -0.339. The van der Waals surface area contributed by atoms with E-state index < -0.39 is 0 Å². The molecule has 1 amide bonds. The Hall–Kier alpha value is -1.43. The topological polar surface area (TPSA) is 79.5 Å². The van der Waals surface area contributed by atoms with Gasteiger partial charge in [0.1, 0.15) is 0 Å². The number of aliphatic hydroxyl groups excluding tert-OH is 1. The van der Waals surface area contributed by atoms with Crippen LogP contribution in [0.5, 0.6) is 0 Å². The highest BCUT2D eigenvalue weighted by molar-refractivity contribution is 5.78. The maximum atomic E-state index is 12.2. The molecule has 0 radical (unpaired) electrons. The van der Waals surface area contributed by atoms with E-state index in [4.69, 9.17) is 4.52 Å². The molecule has 1 aromatic rings. The van der Waals surface area contributed by atoms with Crippen molar-refractivity contribution >= 4 is 5.91 Å². The number of nitrogens with zero attached hydrogens (tertiary/aromatic N) is 3. The molecule has 0 saturated heterocycles. The Morgan fingerprint density at radius 1 is 1.56 bits per heavy atom. The molecular weight excluding hydrogens is 234 g/mol. The quantitative estimate of drug-likeness (QED) is 0.865. The van der Waals surface area contributed by atoms with Crippen LogP contribution in [0.4, 0.5) is 0 Å². The predicted molar refractivity (Wildman–Crippen MR) is 63.5 cm³/mol. The molecule has 1 heterocycles. The summed E-state index contributed by atoms with van der Waals surface area (Å²) >= 11 is 0. The first kappa shape index (κ1) is 13.0. The van der Waals surface area contributed by atoms with Crippen molar-refractivity contribution in [3.63, 3.8) is 0 Å². The summed E-state index contributed by atoms with van der Waals surface area (Å²) in [6.07, 6.45) is 2.79. The first-order chi connectivity index (χ1) is 8.56. The summed E-state index contributed by atoms with van der Waals surface area (Å²) in [6.45, 7) is 2.07. The van der Waals surface area contributed by atoms with Crippen LogP contribution in [0.1, 0.15) is 37.4 Å². The molecule has 1 saturated carbocycles. The van der Waals surface area contributed by atoms with Crippen molar-refractivity contribution < 1.29 is 14.4 Å². The number of aliphatic hydroxyl groups is 1. The number of aryl methyl sites for hydroxylation is 1. The van der Waals surface area contributed by atoms with Crippen molar-refractivity contribution in [2.24, 2.45) is 5.92 Å². The van der Waals surface area contributed by atoms with Crippen LogP contribution in [0.3, 0.4) is 0 Å². The second kappa shape index (κ2) is 5.48. The van der Waals surface area contributed by atoms with Crippen LogP contribution in [-0.2, 0) is 11.3 Å². The highest BCUT2D eigenvalue weighted by Crippen LogP contribution is 2.25. The van der Waals surface area contributed by atoms with Gasteiger partial charge in [0.15, 0.2) is 5.82 Å². The van der Waals surface area contributed by atoms with E-state index >= 15 is 0 Å². The van der Waals surface area contributed by atoms with Crippen LogP contribution in [0.25, 0.3) is 0 Å². The van der Waals surface area contributed by atoms with Gasteiger partial charge in [-0.25, -0.2) is 0 Å². The van der Waals surface area contributed by atoms with Crippen molar-refractivity contribution in [2.45, 2.75) is 45.3 Å². The van der Waals surface area contributed by atoms with Crippen LogP contribution >= 0.6 is 0 Å². The number of rotatable bonds is 3. The second-order valence-corrected chi connectivity index (χ2v) is 4.94. The van der Waals surface area contributed by atoms with Crippen molar-refractivity contribution in [2.75, 3.05) is 7.05 Å². The summed E-state index contributed by atoms with van der Waals surface area (Å²) in [5.41, 5.74) is 0. The number of amides is 1. The number of hydrogen-bond acceptors (Lipinski definition) is 5. The molecule has 18 heavy (non-hydrogen) atoms. The third-order valence-corrected chi connectivity index (χ3v) is 3.32. The van der Waals surface area contributed by atoms with Gasteiger partial charge in [0.2, 0.25) is 11.8 Å². The zero-order chi connectivity index (χ0) is 13.1. The van der Waals surface area contributed by atoms with Gasteiger partial charge in [0, 0.05) is 19.9 Å². The highest BCUT2D eigenvalue weighted by atomic mass is 16.5. The molecule has 2 atom stereocenters. The van der Waals surface area contributed by atoms with Gasteiger partial charge in [-0.05, 0) is 19.3 Å². The SMILES string of the molecule is Cc1nc(CN(C)C(=O)[C@@H]2CCC[C@H](O)C2)no1. The molecule has 2 rings (SSSR count). The number of carbonyl (C=O) groups excluding carboxylic acids is 1. The summed E-state index contributed by atoms with van der Waals surface area (Å²) in [4.78, 5) is 17.9. The average molecular weight is 253 g/mol. The monoisotopic (exact) mass is 253 g/mol. The van der Waals surface area contributed by atoms with E-state index in [1.54, 1.807) is 18.9 Å². The lowest BCUT2D eigenvalue weighted by atomic mass is 9.86. The average Bonchev–Trinajstić information content (AvgIpc) is 2.73. The summed E-state index contributed by atoms with van der Waals surface area (Å²) in [6, 6.07) is 0. The molecule has 6 nitrogen and oxygen atoms in total. The zero-order valence-corrected chi connectivity index (χ0v) is 10.8. The molecule has 0 aromatic carbocycles. The fraction of sp³-hybridized carbons (Fsp3) is 0.750. The van der Waals surface area contributed by atoms with Gasteiger partial charge in [-0.1, -0.05) is 11.6 Å². The van der Waals surface area contributed by atoms with E-state index in [9.17, 15) is 9.90 Å². The molecule has 0 bridgehead atoms. The summed E-state index contributed by atoms with van der Waals surface area (Å²) < 4.78 is 4.87. The number of carbonyl (C=O) groups is 1. The van der Waals surface area contributed by atoms with Crippen LogP contribution < -0.4 is 0 Å². The predicted octanol–water partition coefficient (Wildman–Crippen LogP) is 0.888. The highest BCUT2D eigenvalue weighted by Gasteiger charge is 2.28. The molecule has 6 heteroatoms. The third-order valence-electron chi connectivity index (χ3n) is 3.32. The molecular formula is C12H19N3O3. The van der Waals surface area contributed by atoms with E-state index in [-0.39, 0.29) is 17.9 Å². The summed E-state index contributed by atoms with van der Waals surface area (Å²) in [7, 11) is 1.73. The van der Waals surface area contributed by atoms with E-state index in [0.717, 1.165) is 19.3 Å². The van der Waals surface area contributed by atoms with Crippen molar-refractivity contribution in [3.8, 4) is 0 Å². The lowest BCUT2D eigenvalue weighted by Crippen LogP contribution is -2.36. The maximum absolute atomic E-state index is 12.2. The van der Waals surface area contributed by atoms with Gasteiger partial charge in [-0.3, -0.25) is 4.79 Å². The first-order valence-electron chi connectivity index (χ1n) is 6.28. The number of aromatic nitrogens is 2. The Kier molecular flexibility index (Phi) is 3.96. The zero-order valence-electron chi connectivity index (χ0n) is 10.8. The molecule has 0 aliphatic heterocycles. The molecule has 1 N–H and O–H groups in total. The first-order valence-corrected chi connectivity index (χ1v) is 6.28. The van der Waals surface area contributed by atoms with Crippen LogP contribution in [0.2, 0.25) is 0 Å². The molecule has 1 aliphatic carbocycles. The van der Waals surface area contributed by atoms with Gasteiger partial charge in [0.05, 0.1) is 12.6 Å². The molecule has 0 unspecified atom stereocenters. The molecule has 1 fully saturated rings. The van der Waals surface area contributed by atoms with Crippen LogP contribution in [0.15, 0.2) is 4.52 Å². The van der Waals surface area contributed by atoms with Crippen LogP contribution in [-0.4, -0.2) is 39.2 Å². The summed E-state index contributed by atoms with van der Waals surface area (Å²) in [5, 5.41) is 13.4. The summed E-state index contributed by atoms with van der Waals surface area (Å²) in [5.74, 6) is 0.988. The third kappa shape index (κ3) is 3.07. The van der Waals surface area contributed by atoms with Crippen molar-refractivity contribution in [1.29, 1.82) is 0 Å². The van der Waals surface area contributed by atoms with E-state index in [1.807, 2.05) is 0 Å². The fourth-order valence-electron chi connectivity index (χ4n) is 2.40. The Balaban J connectivity index is 1.91. The Morgan fingerprint density at radius 2 is 2.33 bits per heavy atom. The van der Waals surface area contributed by atoms with E-state index in [1.165, 1.54) is 0 Å². The van der Waals surface area contributed by atoms with Gasteiger partial charge < -0.3 is 14.5 Å². The minimum Gasteiger partial charge on any atom is -0.393 e.